The van der Waals surface area contributed by atoms with Crippen molar-refractivity contribution in [2.75, 3.05) is 20.2 Å². The fourth-order valence-corrected chi connectivity index (χ4v) is 1.94. The minimum absolute atomic E-state index is 0.0963. The highest BCUT2D eigenvalue weighted by molar-refractivity contribution is 8.16. The van der Waals surface area contributed by atoms with Crippen molar-refractivity contribution in [3.63, 3.8) is 0 Å². The molecule has 0 radical (unpaired) electrons. The number of ether oxygens (including phenoxy) is 1. The van der Waals surface area contributed by atoms with E-state index in [1.807, 2.05) is 0 Å². The van der Waals surface area contributed by atoms with E-state index in [4.69, 9.17) is 15.4 Å². The molecule has 15 heavy (non-hydrogen) atoms. The molecule has 5 heteroatoms. The van der Waals surface area contributed by atoms with E-state index >= 15 is 0 Å². The number of carbonyl (C=O) groups is 1. The molecule has 0 rings (SSSR count). The molecule has 0 aliphatic heterocycles. The van der Waals surface area contributed by atoms with E-state index < -0.39 is 0 Å². The summed E-state index contributed by atoms with van der Waals surface area (Å²) in [5.74, 6) is 0. The zero-order valence-corrected chi connectivity index (χ0v) is 11.4. The van der Waals surface area contributed by atoms with Gasteiger partial charge in [0.15, 0.2) is 11.2 Å². The van der Waals surface area contributed by atoms with Gasteiger partial charge in [-0.25, -0.2) is 0 Å². The number of rotatable bonds is 7. The van der Waals surface area contributed by atoms with Crippen LogP contribution < -0.4 is 0 Å². The predicted molar refractivity (Wildman–Crippen MR) is 65.7 cm³/mol. The van der Waals surface area contributed by atoms with Crippen molar-refractivity contribution in [3.05, 3.63) is 0 Å². The number of hydrogen-bond donors (Lipinski definition) is 0. The van der Waals surface area contributed by atoms with E-state index in [-0.39, 0.29) is 9.98 Å². The van der Waals surface area contributed by atoms with Gasteiger partial charge in [-0.3, -0.25) is 0 Å². The molecule has 1 unspecified atom stereocenters. The van der Waals surface area contributed by atoms with Gasteiger partial charge >= 0.3 is 6.09 Å². The predicted octanol–water partition coefficient (Wildman–Crippen LogP) is 3.97. The van der Waals surface area contributed by atoms with Gasteiger partial charge in [0.1, 0.15) is 6.54 Å². The van der Waals surface area contributed by atoms with Gasteiger partial charge in [-0.15, -0.1) is 0 Å². The van der Waals surface area contributed by atoms with Crippen LogP contribution >= 0.6 is 21.8 Å². The molecule has 0 N–H and O–H groups in total. The second kappa shape index (κ2) is 8.25. The Kier molecular flexibility index (Phi) is 8.29. The molecular formula is C10H21ClNO2S+. The van der Waals surface area contributed by atoms with E-state index in [1.165, 1.54) is 12.8 Å². The Morgan fingerprint density at radius 1 is 1.33 bits per heavy atom. The molecule has 3 nitrogen and oxygen atoms in total. The third kappa shape index (κ3) is 5.64. The van der Waals surface area contributed by atoms with Crippen molar-refractivity contribution < 1.29 is 13.4 Å². The summed E-state index contributed by atoms with van der Waals surface area (Å²) in [7, 11) is 7.53. The van der Waals surface area contributed by atoms with Crippen LogP contribution in [-0.2, 0) is 4.74 Å². The first-order valence-electron chi connectivity index (χ1n) is 5.44. The van der Waals surface area contributed by atoms with Crippen LogP contribution in [0.5, 0.6) is 0 Å². The first-order chi connectivity index (χ1) is 7.10. The second-order valence-corrected chi connectivity index (χ2v) is 5.01. The molecule has 1 atom stereocenters. The van der Waals surface area contributed by atoms with Gasteiger partial charge in [-0.05, 0) is 19.8 Å². The number of carbonyl (C=O) groups excluding carboxylic acids is 1. The van der Waals surface area contributed by atoms with E-state index in [9.17, 15) is 4.79 Å². The van der Waals surface area contributed by atoms with Crippen molar-refractivity contribution >= 4 is 27.9 Å². The monoisotopic (exact) mass is 254 g/mol. The maximum atomic E-state index is 11.6. The lowest BCUT2D eigenvalue weighted by Gasteiger charge is -2.24. The Hall–Kier alpha value is 0.0700. The average molecular weight is 255 g/mol. The summed E-state index contributed by atoms with van der Waals surface area (Å²) < 4.78 is 5.08. The van der Waals surface area contributed by atoms with Crippen molar-refractivity contribution in [1.82, 2.24) is 0 Å². The molecule has 0 fully saturated rings. The molecule has 0 saturated carbocycles. The van der Waals surface area contributed by atoms with Crippen LogP contribution in [0, 0.1) is 0 Å². The van der Waals surface area contributed by atoms with Gasteiger partial charge in [0.2, 0.25) is 0 Å². The van der Waals surface area contributed by atoms with Crippen LogP contribution in [-0.4, -0.2) is 30.2 Å². The third-order valence-electron chi connectivity index (χ3n) is 2.24. The maximum absolute atomic E-state index is 11.6. The normalized spacial score (nSPS) is 14.7. The van der Waals surface area contributed by atoms with Crippen LogP contribution in [0.2, 0.25) is 0 Å². The quantitative estimate of drug-likeness (QED) is 0.391. The molecule has 0 aliphatic rings. The highest BCUT2D eigenvalue weighted by Gasteiger charge is 2.34. The number of halogens is 1. The Balaban J connectivity index is 4.00. The van der Waals surface area contributed by atoms with Crippen molar-refractivity contribution in [2.24, 2.45) is 0 Å². The molecule has 0 aliphatic carbocycles. The SMILES string of the molecule is CCCCCC[N+](C)(SCl)C(=O)OCC. The largest absolute Gasteiger partial charge is 0.528 e. The summed E-state index contributed by atoms with van der Waals surface area (Å²) >= 11 is 1.01. The fourth-order valence-electron chi connectivity index (χ4n) is 1.25. The summed E-state index contributed by atoms with van der Waals surface area (Å²) in [6.45, 7) is 5.10. The minimum atomic E-state index is -0.256. The molecule has 0 bridgehead atoms. The summed E-state index contributed by atoms with van der Waals surface area (Å²) in [4.78, 5) is 11.6. The standard InChI is InChI=1S/C10H21ClNO2S/c1-4-6-7-8-9-12(3,15-11)10(13)14-5-2/h4-9H2,1-3H3/q+1. The summed E-state index contributed by atoms with van der Waals surface area (Å²) in [6.07, 6.45) is 4.28. The lowest BCUT2D eigenvalue weighted by atomic mass is 10.2. The van der Waals surface area contributed by atoms with Crippen molar-refractivity contribution in [1.29, 1.82) is 0 Å². The van der Waals surface area contributed by atoms with Gasteiger partial charge in [0.05, 0.1) is 13.7 Å². The van der Waals surface area contributed by atoms with Gasteiger partial charge in [0, 0.05) is 10.7 Å². The minimum Gasteiger partial charge on any atom is -0.420 e. The highest BCUT2D eigenvalue weighted by atomic mass is 35.7. The van der Waals surface area contributed by atoms with Gasteiger partial charge < -0.3 is 4.74 Å². The maximum Gasteiger partial charge on any atom is 0.528 e. The molecule has 0 aromatic heterocycles. The Labute approximate surface area is 101 Å². The Morgan fingerprint density at radius 2 is 2.00 bits per heavy atom. The zero-order valence-electron chi connectivity index (χ0n) is 9.79. The van der Waals surface area contributed by atoms with E-state index in [1.54, 1.807) is 14.0 Å². The number of nitrogens with zero attached hydrogens (tertiary/aromatic N) is 1. The lowest BCUT2D eigenvalue weighted by molar-refractivity contribution is -0.694. The first-order valence-corrected chi connectivity index (χ1v) is 7.03. The Morgan fingerprint density at radius 3 is 2.47 bits per heavy atom. The molecule has 0 aromatic rings. The zero-order chi connectivity index (χ0) is 11.7. The smallest absolute Gasteiger partial charge is 0.420 e. The summed E-state index contributed by atoms with van der Waals surface area (Å²) in [5, 5.41) is 0. The van der Waals surface area contributed by atoms with E-state index in [2.05, 4.69) is 6.92 Å². The molecule has 0 spiro atoms. The molecule has 0 aromatic carbocycles. The molecule has 1 amide bonds. The second-order valence-electron chi connectivity index (χ2n) is 3.65. The van der Waals surface area contributed by atoms with Crippen LogP contribution in [0.4, 0.5) is 4.79 Å². The fraction of sp³-hybridized carbons (Fsp3) is 0.900. The molecule has 0 heterocycles. The summed E-state index contributed by atoms with van der Waals surface area (Å²) in [5.41, 5.74) is 0. The first kappa shape index (κ1) is 15.1. The van der Waals surface area contributed by atoms with Crippen molar-refractivity contribution in [3.8, 4) is 0 Å². The van der Waals surface area contributed by atoms with Gasteiger partial charge in [-0.1, -0.05) is 19.8 Å². The topological polar surface area (TPSA) is 26.3 Å². The molecular weight excluding hydrogens is 234 g/mol. The molecule has 0 saturated heterocycles. The number of hydrogen-bond acceptors (Lipinski definition) is 3. The highest BCUT2D eigenvalue weighted by Crippen LogP contribution is 2.26. The van der Waals surface area contributed by atoms with Gasteiger partial charge in [0.25, 0.3) is 0 Å². The van der Waals surface area contributed by atoms with Crippen LogP contribution in [0.15, 0.2) is 0 Å². The van der Waals surface area contributed by atoms with Crippen LogP contribution in [0.3, 0.4) is 0 Å². The molecule has 90 valence electrons. The number of unbranched alkanes of at least 4 members (excludes halogenated alkanes) is 3. The summed E-state index contributed by atoms with van der Waals surface area (Å²) in [6, 6.07) is 0. The Bertz CT molecular complexity index is 192. The number of amides is 1. The van der Waals surface area contributed by atoms with Crippen molar-refractivity contribution in [2.45, 2.75) is 39.5 Å². The van der Waals surface area contributed by atoms with Gasteiger partial charge in [-0.2, -0.15) is 8.68 Å². The lowest BCUT2D eigenvalue weighted by Crippen LogP contribution is -2.43. The van der Waals surface area contributed by atoms with Crippen LogP contribution in [0.25, 0.3) is 0 Å². The average Bonchev–Trinajstić information content (AvgIpc) is 2.24. The van der Waals surface area contributed by atoms with E-state index in [0.717, 1.165) is 30.5 Å². The van der Waals surface area contributed by atoms with E-state index in [0.29, 0.717) is 6.61 Å². The van der Waals surface area contributed by atoms with Crippen LogP contribution in [0.1, 0.15) is 39.5 Å². The third-order valence-corrected chi connectivity index (χ3v) is 3.79. The number of quaternary nitrogens is 1.